The van der Waals surface area contributed by atoms with Crippen molar-refractivity contribution in [2.45, 2.75) is 6.30 Å². The van der Waals surface area contributed by atoms with Crippen LogP contribution in [0.5, 0.6) is 0 Å². The Morgan fingerprint density at radius 1 is 1.56 bits per heavy atom. The van der Waals surface area contributed by atoms with Gasteiger partial charge in [-0.15, -0.1) is 0 Å². The van der Waals surface area contributed by atoms with E-state index in [0.717, 1.165) is 22.9 Å². The molecule has 0 aromatic carbocycles. The van der Waals surface area contributed by atoms with Crippen molar-refractivity contribution < 1.29 is 13.2 Å². The maximum atomic E-state index is 11.4. The van der Waals surface area contributed by atoms with Crippen molar-refractivity contribution in [3.63, 3.8) is 0 Å². The summed E-state index contributed by atoms with van der Waals surface area (Å²) in [5.41, 5.74) is 6.63. The Morgan fingerprint density at radius 3 is 2.11 bits per heavy atom. The molecule has 0 amide bonds. The van der Waals surface area contributed by atoms with Gasteiger partial charge in [-0.2, -0.15) is 13.2 Å². The van der Waals surface area contributed by atoms with Crippen LogP contribution in [-0.2, 0) is 0 Å². The van der Waals surface area contributed by atoms with E-state index in [9.17, 15) is 13.2 Å². The molecule has 0 heterocycles. The maximum absolute atomic E-state index is 11.4. The highest BCUT2D eigenvalue weighted by molar-refractivity contribution is 14.1. The van der Waals surface area contributed by atoms with E-state index in [2.05, 4.69) is 0 Å². The Bertz CT molecular complexity index is 83.6. The molecule has 0 bridgehead atoms. The van der Waals surface area contributed by atoms with E-state index in [1.54, 1.807) is 0 Å². The minimum atomic E-state index is -4.36. The van der Waals surface area contributed by atoms with Gasteiger partial charge in [0.25, 0.3) is 0 Å². The quantitative estimate of drug-likeness (QED) is 0.249. The fourth-order valence-electron chi connectivity index (χ4n) is 0.170. The van der Waals surface area contributed by atoms with Gasteiger partial charge in [-0.25, -0.2) is 5.43 Å². The van der Waals surface area contributed by atoms with Gasteiger partial charge >= 0.3 is 6.30 Å². The first-order valence-corrected chi connectivity index (χ1v) is 2.91. The van der Waals surface area contributed by atoms with Crippen molar-refractivity contribution in [1.29, 1.82) is 0 Å². The lowest BCUT2D eigenvalue weighted by Gasteiger charge is -2.16. The van der Waals surface area contributed by atoms with Crippen LogP contribution in [0.3, 0.4) is 0 Å². The lowest BCUT2D eigenvalue weighted by molar-refractivity contribution is -0.212. The van der Waals surface area contributed by atoms with Gasteiger partial charge in [0.15, 0.2) is 0 Å². The molecule has 7 heteroatoms. The second kappa shape index (κ2) is 3.54. The largest absolute Gasteiger partial charge is 0.482 e. The molecule has 0 spiro atoms. The highest BCUT2D eigenvalue weighted by Crippen LogP contribution is 2.21. The summed E-state index contributed by atoms with van der Waals surface area (Å²) in [4.78, 5) is 0. The molecule has 0 unspecified atom stereocenters. The molecule has 0 aliphatic heterocycles. The molecule has 56 valence electrons. The van der Waals surface area contributed by atoms with Crippen LogP contribution in [-0.4, -0.2) is 16.2 Å². The molecule has 0 saturated carbocycles. The fourth-order valence-corrected chi connectivity index (χ4v) is 0.367. The van der Waals surface area contributed by atoms with Crippen LogP contribution >= 0.6 is 22.9 Å². The molecule has 3 N–H and O–H groups in total. The molecular formula is C2H5F3IN3. The van der Waals surface area contributed by atoms with Crippen LogP contribution in [0.1, 0.15) is 0 Å². The number of nitrogens with zero attached hydrogens (tertiary/aromatic N) is 1. The first-order valence-electron chi connectivity index (χ1n) is 1.94. The molecule has 3 nitrogen and oxygen atoms in total. The minimum Gasteiger partial charge on any atom is -0.317 e. The van der Waals surface area contributed by atoms with E-state index in [0.29, 0.717) is 0 Å². The Labute approximate surface area is 63.8 Å². The molecule has 0 aromatic rings. The number of hydrazine groups is 1. The van der Waals surface area contributed by atoms with Crippen molar-refractivity contribution in [1.82, 2.24) is 8.65 Å². The van der Waals surface area contributed by atoms with Crippen LogP contribution in [0, 0.1) is 0 Å². The maximum Gasteiger partial charge on any atom is 0.482 e. The Morgan fingerprint density at radius 2 is 2.00 bits per heavy atom. The molecule has 9 heavy (non-hydrogen) atoms. The lowest BCUT2D eigenvalue weighted by Crippen LogP contribution is -2.42. The lowest BCUT2D eigenvalue weighted by atomic mass is 11.1. The number of hydrogen-bond donors (Lipinski definition) is 2. The number of hydrogen-bond acceptors (Lipinski definition) is 3. The van der Waals surface area contributed by atoms with Gasteiger partial charge in [-0.3, -0.25) is 0 Å². The first kappa shape index (κ1) is 9.40. The molecule has 0 aromatic heterocycles. The second-order valence-electron chi connectivity index (χ2n) is 1.11. The molecule has 0 fully saturated rings. The first-order chi connectivity index (χ1) is 3.98. The van der Waals surface area contributed by atoms with Crippen LogP contribution < -0.4 is 11.2 Å². The molecule has 0 atom stereocenters. The third-order valence-corrected chi connectivity index (χ3v) is 1.34. The van der Waals surface area contributed by atoms with E-state index in [-0.39, 0.29) is 9.89 Å². The SMILES string of the molecule is NCNN(I)C(F)(F)F. The average molecular weight is 255 g/mol. The second-order valence-corrected chi connectivity index (χ2v) is 2.08. The molecule has 0 radical (unpaired) electrons. The molecular weight excluding hydrogens is 250 g/mol. The number of alkyl halides is 3. The zero-order valence-corrected chi connectivity index (χ0v) is 6.40. The fraction of sp³-hybridized carbons (Fsp3) is 1.00. The van der Waals surface area contributed by atoms with Crippen molar-refractivity contribution in [3.8, 4) is 0 Å². The summed E-state index contributed by atoms with van der Waals surface area (Å²) in [6.45, 7) is -0.234. The van der Waals surface area contributed by atoms with Gasteiger partial charge in [0, 0.05) is 22.9 Å². The zero-order chi connectivity index (χ0) is 7.49. The van der Waals surface area contributed by atoms with Gasteiger partial charge < -0.3 is 5.73 Å². The number of halogens is 4. The molecule has 0 aliphatic carbocycles. The zero-order valence-electron chi connectivity index (χ0n) is 4.24. The van der Waals surface area contributed by atoms with Gasteiger partial charge in [0.2, 0.25) is 0 Å². The van der Waals surface area contributed by atoms with Crippen molar-refractivity contribution >= 4 is 22.9 Å². The Kier molecular flexibility index (Phi) is 3.70. The summed E-state index contributed by atoms with van der Waals surface area (Å²) >= 11 is 1.07. The summed E-state index contributed by atoms with van der Waals surface area (Å²) in [5.74, 6) is 0. The predicted molar refractivity (Wildman–Crippen MR) is 34.1 cm³/mol. The van der Waals surface area contributed by atoms with Gasteiger partial charge in [0.1, 0.15) is 0 Å². The molecule has 0 aliphatic rings. The average Bonchev–Trinajstić information content (AvgIpc) is 1.64. The van der Waals surface area contributed by atoms with Crippen LogP contribution in [0.4, 0.5) is 13.2 Å². The minimum absolute atomic E-state index is 0.0369. The van der Waals surface area contributed by atoms with Gasteiger partial charge in [-0.05, 0) is 0 Å². The Balaban J connectivity index is 3.59. The van der Waals surface area contributed by atoms with E-state index >= 15 is 0 Å². The van der Waals surface area contributed by atoms with Crippen molar-refractivity contribution in [3.05, 3.63) is 0 Å². The summed E-state index contributed by atoms with van der Waals surface area (Å²) in [6.07, 6.45) is -4.36. The smallest absolute Gasteiger partial charge is 0.317 e. The third kappa shape index (κ3) is 3.89. The van der Waals surface area contributed by atoms with E-state index in [1.807, 2.05) is 5.43 Å². The van der Waals surface area contributed by atoms with Crippen molar-refractivity contribution in [2.75, 3.05) is 6.67 Å². The number of nitrogens with two attached hydrogens (primary N) is 1. The van der Waals surface area contributed by atoms with Crippen LogP contribution in [0.15, 0.2) is 0 Å². The third-order valence-electron chi connectivity index (χ3n) is 0.453. The van der Waals surface area contributed by atoms with Gasteiger partial charge in [0.05, 0.1) is 6.67 Å². The summed E-state index contributed by atoms with van der Waals surface area (Å²) in [7, 11) is 0. The van der Waals surface area contributed by atoms with E-state index in [4.69, 9.17) is 5.73 Å². The molecule has 0 rings (SSSR count). The summed E-state index contributed by atoms with van der Waals surface area (Å²) in [5, 5.41) is 0. The van der Waals surface area contributed by atoms with Gasteiger partial charge in [-0.1, -0.05) is 3.22 Å². The number of nitrogens with one attached hydrogen (secondary N) is 1. The standard InChI is InChI=1S/C2H5F3IN3/c3-2(4,5)9(6)8-1-7/h8H,1,7H2. The van der Waals surface area contributed by atoms with E-state index in [1.165, 1.54) is 0 Å². The number of rotatable bonds is 2. The highest BCUT2D eigenvalue weighted by atomic mass is 127. The highest BCUT2D eigenvalue weighted by Gasteiger charge is 2.35. The Hall–Kier alpha value is 0.400. The summed E-state index contributed by atoms with van der Waals surface area (Å²) < 4.78 is 34.3. The normalized spacial score (nSPS) is 12.7. The monoisotopic (exact) mass is 255 g/mol. The topological polar surface area (TPSA) is 41.3 Å². The van der Waals surface area contributed by atoms with Crippen LogP contribution in [0.25, 0.3) is 0 Å². The summed E-state index contributed by atoms with van der Waals surface area (Å²) in [6, 6.07) is 0. The molecule has 0 saturated heterocycles. The van der Waals surface area contributed by atoms with Crippen molar-refractivity contribution in [2.24, 2.45) is 5.73 Å². The predicted octanol–water partition coefficient (Wildman–Crippen LogP) is 0.579. The van der Waals surface area contributed by atoms with E-state index < -0.39 is 6.30 Å². The van der Waals surface area contributed by atoms with Crippen LogP contribution in [0.2, 0.25) is 0 Å².